The molecule has 0 aliphatic heterocycles. The van der Waals surface area contributed by atoms with E-state index in [1.54, 1.807) is 18.1 Å². The van der Waals surface area contributed by atoms with Gasteiger partial charge in [0, 0.05) is 11.8 Å². The predicted octanol–water partition coefficient (Wildman–Crippen LogP) is 17.1. The highest BCUT2D eigenvalue weighted by Gasteiger charge is 2.60. The van der Waals surface area contributed by atoms with Gasteiger partial charge in [0.2, 0.25) is 0 Å². The van der Waals surface area contributed by atoms with E-state index in [1.165, 1.54) is 135 Å². The lowest BCUT2D eigenvalue weighted by Gasteiger charge is -2.57. The van der Waals surface area contributed by atoms with Gasteiger partial charge < -0.3 is 10.2 Å². The minimum atomic E-state index is -0.117. The fourth-order valence-electron chi connectivity index (χ4n) is 19.7. The van der Waals surface area contributed by atoms with Gasteiger partial charge in [0.15, 0.2) is 0 Å². The minimum absolute atomic E-state index is 0.0474. The summed E-state index contributed by atoms with van der Waals surface area (Å²) in [7, 11) is 0. The smallest absolute Gasteiger partial charge is 0.133 e. The molecule has 0 radical (unpaired) electrons. The first kappa shape index (κ1) is 55.5. The molecule has 9 fully saturated rings. The van der Waals surface area contributed by atoms with E-state index in [1.807, 2.05) is 6.92 Å². The van der Waals surface area contributed by atoms with Gasteiger partial charge in [-0.3, -0.25) is 9.59 Å². The molecular formula is C65H110O4. The molecule has 0 heterocycles. The lowest BCUT2D eigenvalue weighted by molar-refractivity contribution is -0.127. The SMILES string of the molecule is CC(=O)[C@H]1CCC2C3CC=C4C[C@@H](O)CC[C@]4(C)C3CC[C@@]21C.CC(=O)[C@H]1CCC[C@H]1C.CCC1CCC[C@H]1C.CCC1CCC[C@H]1C.CC[C@H]1CCC2C3CC=C4C[C@@H](O)CCC4C3CC[C@@]21C. The number of rotatable bonds is 5. The number of hydrogen-bond donors (Lipinski definition) is 2. The van der Waals surface area contributed by atoms with Gasteiger partial charge in [0.1, 0.15) is 11.6 Å². The number of aliphatic hydroxyl groups is 2. The molecule has 11 aliphatic carbocycles. The van der Waals surface area contributed by atoms with Gasteiger partial charge in [0.05, 0.1) is 12.2 Å². The largest absolute Gasteiger partial charge is 0.393 e. The van der Waals surface area contributed by atoms with Gasteiger partial charge in [0.25, 0.3) is 0 Å². The molecule has 4 nitrogen and oxygen atoms in total. The lowest BCUT2D eigenvalue weighted by atomic mass is 9.47. The zero-order valence-corrected chi connectivity index (χ0v) is 47.0. The van der Waals surface area contributed by atoms with E-state index in [9.17, 15) is 19.8 Å². The number of Topliss-reactive ketones (excluding diaryl/α,β-unsaturated/α-hetero) is 2. The molecule has 0 saturated heterocycles. The van der Waals surface area contributed by atoms with Gasteiger partial charge in [-0.25, -0.2) is 0 Å². The topological polar surface area (TPSA) is 74.6 Å². The number of hydrogen-bond acceptors (Lipinski definition) is 4. The molecule has 394 valence electrons. The Kier molecular flexibility index (Phi) is 19.3. The Bertz CT molecular complexity index is 1720. The van der Waals surface area contributed by atoms with Crippen molar-refractivity contribution < 1.29 is 19.8 Å². The normalized spacial score (nSPS) is 46.8. The molecule has 4 heteroatoms. The number of carbonyl (C=O) groups is 2. The summed E-state index contributed by atoms with van der Waals surface area (Å²) in [5, 5.41) is 20.0. The average Bonchev–Trinajstić information content (AvgIpc) is 4.18. The van der Waals surface area contributed by atoms with Crippen molar-refractivity contribution in [3.05, 3.63) is 23.3 Å². The van der Waals surface area contributed by atoms with Gasteiger partial charge in [-0.05, 0) is 223 Å². The van der Waals surface area contributed by atoms with Crippen LogP contribution in [0.1, 0.15) is 256 Å². The Morgan fingerprint density at radius 1 is 0.536 bits per heavy atom. The van der Waals surface area contributed by atoms with Crippen molar-refractivity contribution in [3.8, 4) is 0 Å². The van der Waals surface area contributed by atoms with Crippen LogP contribution in [-0.4, -0.2) is 34.0 Å². The third-order valence-corrected chi connectivity index (χ3v) is 24.2. The zero-order valence-electron chi connectivity index (χ0n) is 47.0. The first-order valence-electron chi connectivity index (χ1n) is 30.6. The molecule has 9 unspecified atom stereocenters. The van der Waals surface area contributed by atoms with E-state index in [0.29, 0.717) is 40.2 Å². The number of ketones is 2. The lowest BCUT2D eigenvalue weighted by Crippen LogP contribution is -2.50. The van der Waals surface area contributed by atoms with Crippen molar-refractivity contribution in [2.75, 3.05) is 0 Å². The molecule has 0 spiro atoms. The molecular weight excluding hydrogens is 845 g/mol. The Balaban J connectivity index is 0.000000139. The summed E-state index contributed by atoms with van der Waals surface area (Å²) < 4.78 is 0. The predicted molar refractivity (Wildman–Crippen MR) is 290 cm³/mol. The van der Waals surface area contributed by atoms with Crippen LogP contribution in [-0.2, 0) is 9.59 Å². The third kappa shape index (κ3) is 11.8. The average molecular weight is 956 g/mol. The van der Waals surface area contributed by atoms with Crippen LogP contribution in [0.3, 0.4) is 0 Å². The van der Waals surface area contributed by atoms with Crippen molar-refractivity contribution >= 4 is 11.6 Å². The zero-order chi connectivity index (χ0) is 49.8. The third-order valence-electron chi connectivity index (χ3n) is 24.2. The first-order chi connectivity index (χ1) is 32.9. The molecule has 0 aromatic rings. The van der Waals surface area contributed by atoms with Crippen LogP contribution < -0.4 is 0 Å². The molecule has 20 atom stereocenters. The van der Waals surface area contributed by atoms with Gasteiger partial charge in [-0.2, -0.15) is 0 Å². The summed E-state index contributed by atoms with van der Waals surface area (Å²) in [6, 6.07) is 0. The highest BCUT2D eigenvalue weighted by Crippen LogP contribution is 2.67. The molecule has 2 N–H and O–H groups in total. The first-order valence-corrected chi connectivity index (χ1v) is 30.6. The minimum Gasteiger partial charge on any atom is -0.393 e. The van der Waals surface area contributed by atoms with Crippen molar-refractivity contribution in [3.63, 3.8) is 0 Å². The van der Waals surface area contributed by atoms with Crippen LogP contribution in [0, 0.1) is 105 Å². The second kappa shape index (κ2) is 24.0. The summed E-state index contributed by atoms with van der Waals surface area (Å²) in [5.74, 6) is 13.4. The Labute approximate surface area is 426 Å². The summed E-state index contributed by atoms with van der Waals surface area (Å²) in [4.78, 5) is 23.0. The van der Waals surface area contributed by atoms with Gasteiger partial charge in [-0.15, -0.1) is 0 Å². The highest BCUT2D eigenvalue weighted by atomic mass is 16.3. The summed E-state index contributed by atoms with van der Waals surface area (Å²) in [6.45, 7) is 25.0. The van der Waals surface area contributed by atoms with E-state index in [4.69, 9.17) is 0 Å². The number of aliphatic hydroxyl groups excluding tert-OH is 2. The van der Waals surface area contributed by atoms with E-state index >= 15 is 0 Å². The van der Waals surface area contributed by atoms with Crippen molar-refractivity contribution in [1.82, 2.24) is 0 Å². The van der Waals surface area contributed by atoms with Crippen molar-refractivity contribution in [2.24, 2.45) is 105 Å². The molecule has 11 rings (SSSR count). The van der Waals surface area contributed by atoms with Crippen LogP contribution in [0.5, 0.6) is 0 Å². The summed E-state index contributed by atoms with van der Waals surface area (Å²) in [5.41, 5.74) is 4.39. The number of fused-ring (bicyclic) bond motifs is 10. The highest BCUT2D eigenvalue weighted by molar-refractivity contribution is 5.79. The van der Waals surface area contributed by atoms with Crippen molar-refractivity contribution in [1.29, 1.82) is 0 Å². The molecule has 0 bridgehead atoms. The standard InChI is InChI=1S/C21H32O2.C20H32O.C8H14O.2C8H16/c1-13(22)17-6-7-18-16-5-4-14-12-15(23)8-10-20(14,2)19(16)9-11-21(17,18)3;1-3-14-5-9-19-18-7-4-13-12-15(21)6-8-16(13)17(18)10-11-20(14,19)2;1-6-4-3-5-8(6)7(2)9;2*1-3-8-6-4-5-7(8)2/h4,15-19,23H,5-12H2,1-3H3;4,14-19,21H,3,5-12H2,1-2H3;6,8H,3-5H2,1-2H3;2*7-8H,3-6H2,1-2H3/t15-,16?,17+,18?,19?,20-,21+;14-,15-,16?,17?,18?,19?,20+;6-,8+;2*7-,8?/m00111/s1. The Morgan fingerprint density at radius 3 is 1.68 bits per heavy atom. The molecule has 11 aliphatic rings. The van der Waals surface area contributed by atoms with Crippen LogP contribution >= 0.6 is 0 Å². The fourth-order valence-corrected chi connectivity index (χ4v) is 19.7. The summed E-state index contributed by atoms with van der Waals surface area (Å²) in [6.07, 6.45) is 41.3. The second-order valence-corrected chi connectivity index (χ2v) is 27.4. The molecule has 0 aromatic heterocycles. The maximum Gasteiger partial charge on any atom is 0.133 e. The summed E-state index contributed by atoms with van der Waals surface area (Å²) >= 11 is 0. The molecule has 0 aromatic carbocycles. The van der Waals surface area contributed by atoms with Crippen molar-refractivity contribution in [2.45, 2.75) is 268 Å². The van der Waals surface area contributed by atoms with Crippen LogP contribution in [0.4, 0.5) is 0 Å². The maximum atomic E-state index is 12.2. The monoisotopic (exact) mass is 955 g/mol. The van der Waals surface area contributed by atoms with Crippen LogP contribution in [0.25, 0.3) is 0 Å². The van der Waals surface area contributed by atoms with E-state index in [0.717, 1.165) is 116 Å². The number of carbonyl (C=O) groups excluding carboxylic acids is 2. The Hall–Kier alpha value is -1.26. The fraction of sp³-hybridized carbons (Fsp3) is 0.908. The molecule has 9 saturated carbocycles. The quantitative estimate of drug-likeness (QED) is 0.269. The van der Waals surface area contributed by atoms with E-state index < -0.39 is 0 Å². The van der Waals surface area contributed by atoms with Gasteiger partial charge >= 0.3 is 0 Å². The maximum absolute atomic E-state index is 12.2. The van der Waals surface area contributed by atoms with Crippen LogP contribution in [0.15, 0.2) is 23.3 Å². The van der Waals surface area contributed by atoms with E-state index in [2.05, 4.69) is 74.5 Å². The molecule has 69 heavy (non-hydrogen) atoms. The van der Waals surface area contributed by atoms with Gasteiger partial charge in [-0.1, -0.05) is 150 Å². The van der Waals surface area contributed by atoms with Crippen LogP contribution in [0.2, 0.25) is 0 Å². The second-order valence-electron chi connectivity index (χ2n) is 27.4. The van der Waals surface area contributed by atoms with E-state index in [-0.39, 0.29) is 17.6 Å². The molecule has 0 amide bonds. The Morgan fingerprint density at radius 2 is 1.13 bits per heavy atom. The number of allylic oxidation sites excluding steroid dienone is 2.